The van der Waals surface area contributed by atoms with Crippen LogP contribution in [-0.4, -0.2) is 30.0 Å². The summed E-state index contributed by atoms with van der Waals surface area (Å²) in [5, 5.41) is 2.21. The normalized spacial score (nSPS) is 20.3. The molecule has 1 aromatic carbocycles. The number of aryl methyl sites for hydroxylation is 1. The summed E-state index contributed by atoms with van der Waals surface area (Å²) < 4.78 is 44.4. The second-order valence-corrected chi connectivity index (χ2v) is 12.7. The van der Waals surface area contributed by atoms with E-state index in [0.717, 1.165) is 31.2 Å². The monoisotopic (exact) mass is 529 g/mol. The number of benzene rings is 1. The molecule has 0 saturated heterocycles. The van der Waals surface area contributed by atoms with Crippen molar-refractivity contribution in [1.82, 2.24) is 14.6 Å². The van der Waals surface area contributed by atoms with Crippen molar-refractivity contribution < 1.29 is 22.4 Å². The number of unbranched alkanes of at least 4 members (excludes halogenated alkanes) is 2. The lowest BCUT2D eigenvalue weighted by atomic mass is 9.78. The maximum Gasteiger partial charge on any atom is 0.270 e. The van der Waals surface area contributed by atoms with E-state index >= 15 is 4.39 Å². The van der Waals surface area contributed by atoms with Crippen molar-refractivity contribution in [2.24, 2.45) is 0 Å². The highest BCUT2D eigenvalue weighted by molar-refractivity contribution is 7.91. The predicted molar refractivity (Wildman–Crippen MR) is 142 cm³/mol. The van der Waals surface area contributed by atoms with Gasteiger partial charge in [0, 0.05) is 30.4 Å². The lowest BCUT2D eigenvalue weighted by molar-refractivity contribution is -0.124. The van der Waals surface area contributed by atoms with Crippen molar-refractivity contribution in [2.45, 2.75) is 89.5 Å². The van der Waals surface area contributed by atoms with E-state index in [-0.39, 0.29) is 18.0 Å². The number of rotatable bonds is 10. The van der Waals surface area contributed by atoms with E-state index in [9.17, 15) is 18.0 Å². The summed E-state index contributed by atoms with van der Waals surface area (Å²) in [6.07, 6.45) is 8.69. The highest BCUT2D eigenvalue weighted by Gasteiger charge is 2.43. The minimum atomic E-state index is -3.85. The van der Waals surface area contributed by atoms with Gasteiger partial charge in [0.1, 0.15) is 11.4 Å². The first-order chi connectivity index (χ1) is 17.4. The molecule has 7 nitrogen and oxygen atoms in total. The fourth-order valence-electron chi connectivity index (χ4n) is 4.88. The first-order valence-electron chi connectivity index (χ1n) is 13.0. The third-order valence-corrected chi connectivity index (χ3v) is 9.05. The third-order valence-electron chi connectivity index (χ3n) is 7.23. The molecule has 0 spiro atoms. The second-order valence-electron chi connectivity index (χ2n) is 10.7. The Hall–Kier alpha value is -2.94. The largest absolute Gasteiger partial charge is 0.351 e. The molecular weight excluding hydrogens is 493 g/mol. The number of halogens is 1. The van der Waals surface area contributed by atoms with Crippen LogP contribution in [0.5, 0.6) is 0 Å². The smallest absolute Gasteiger partial charge is 0.270 e. The summed E-state index contributed by atoms with van der Waals surface area (Å²) in [4.78, 5) is 26.6. The van der Waals surface area contributed by atoms with E-state index in [2.05, 4.69) is 17.0 Å². The number of hydrogen-bond acceptors (Lipinski definition) is 4. The number of nitrogens with zero attached hydrogens (tertiary/aromatic N) is 1. The van der Waals surface area contributed by atoms with Crippen LogP contribution >= 0.6 is 0 Å². The molecule has 1 aromatic heterocycles. The van der Waals surface area contributed by atoms with E-state index < -0.39 is 38.4 Å². The van der Waals surface area contributed by atoms with Crippen molar-refractivity contribution in [3.05, 3.63) is 64.7 Å². The molecule has 2 amide bonds. The van der Waals surface area contributed by atoms with Crippen LogP contribution in [0.4, 0.5) is 4.39 Å². The van der Waals surface area contributed by atoms with Crippen LogP contribution in [0.25, 0.3) is 5.57 Å². The van der Waals surface area contributed by atoms with Crippen LogP contribution in [0.2, 0.25) is 0 Å². The quantitative estimate of drug-likeness (QED) is 0.343. The van der Waals surface area contributed by atoms with Crippen molar-refractivity contribution in [2.75, 3.05) is 0 Å². The van der Waals surface area contributed by atoms with E-state index in [0.29, 0.717) is 29.5 Å². The van der Waals surface area contributed by atoms with Crippen molar-refractivity contribution in [3.8, 4) is 0 Å². The van der Waals surface area contributed by atoms with Gasteiger partial charge in [0.05, 0.1) is 10.8 Å². The Kier molecular flexibility index (Phi) is 7.65. The molecule has 2 N–H and O–H groups in total. The summed E-state index contributed by atoms with van der Waals surface area (Å²) in [5.41, 5.74) is 0.861. The summed E-state index contributed by atoms with van der Waals surface area (Å²) in [7, 11) is -3.85. The summed E-state index contributed by atoms with van der Waals surface area (Å²) >= 11 is 0. The van der Waals surface area contributed by atoms with Gasteiger partial charge in [-0.25, -0.2) is 17.5 Å². The highest BCUT2D eigenvalue weighted by Crippen LogP contribution is 2.40. The lowest BCUT2D eigenvalue weighted by Crippen LogP contribution is -2.51. The van der Waals surface area contributed by atoms with Gasteiger partial charge in [-0.2, -0.15) is 0 Å². The fourth-order valence-corrected chi connectivity index (χ4v) is 6.16. The van der Waals surface area contributed by atoms with Gasteiger partial charge in [0.2, 0.25) is 10.0 Å². The van der Waals surface area contributed by atoms with Crippen molar-refractivity contribution >= 4 is 27.4 Å². The number of carbonyl (C=O) groups excluding carboxylic acids is 2. The molecule has 1 saturated carbocycles. The van der Waals surface area contributed by atoms with Gasteiger partial charge < -0.3 is 9.88 Å². The Balaban J connectivity index is 1.73. The molecule has 2 aromatic rings. The Labute approximate surface area is 218 Å². The predicted octanol–water partition coefficient (Wildman–Crippen LogP) is 4.74. The van der Waals surface area contributed by atoms with Gasteiger partial charge >= 0.3 is 0 Å². The molecule has 1 unspecified atom stereocenters. The SMILES string of the molecule is CCCCCc1ccc(C2(C)CC(c3ccn(C(C)C)c3)=C(C(=O)NS(=O)(=O)C3CC3)C(=O)N2)c(F)c1. The molecule has 4 rings (SSSR count). The van der Waals surface area contributed by atoms with E-state index in [1.807, 2.05) is 36.9 Å². The van der Waals surface area contributed by atoms with E-state index in [4.69, 9.17) is 0 Å². The summed E-state index contributed by atoms with van der Waals surface area (Å²) in [5.74, 6) is -2.10. The number of aromatic nitrogens is 1. The Morgan fingerprint density at radius 1 is 1.24 bits per heavy atom. The molecule has 0 bridgehead atoms. The molecule has 1 atom stereocenters. The van der Waals surface area contributed by atoms with Crippen molar-refractivity contribution in [3.63, 3.8) is 0 Å². The third kappa shape index (κ3) is 5.81. The Bertz CT molecular complexity index is 1340. The average Bonchev–Trinajstić information content (AvgIpc) is 3.56. The lowest BCUT2D eigenvalue weighted by Gasteiger charge is -2.37. The molecule has 9 heteroatoms. The zero-order valence-electron chi connectivity index (χ0n) is 21.9. The molecule has 1 aliphatic carbocycles. The molecule has 1 fully saturated rings. The van der Waals surface area contributed by atoms with Crippen LogP contribution < -0.4 is 10.0 Å². The Morgan fingerprint density at radius 3 is 2.57 bits per heavy atom. The maximum absolute atomic E-state index is 15.4. The first kappa shape index (κ1) is 27.1. The molecule has 1 aliphatic heterocycles. The van der Waals surface area contributed by atoms with E-state index in [1.165, 1.54) is 6.07 Å². The standard InChI is InChI=1S/C28H36FN3O4S/c1-5-6-7-8-19-9-12-23(24(29)15-19)28(4)16-22(20-13-14-32(17-20)18(2)3)25(26(33)30-28)27(34)31-37(35,36)21-10-11-21/h9,12-15,17-18,21H,5-8,10-11,16H2,1-4H3,(H,30,33)(H,31,34). The number of amides is 2. The molecule has 200 valence electrons. The van der Waals surface area contributed by atoms with Gasteiger partial charge in [-0.1, -0.05) is 31.9 Å². The first-order valence-corrected chi connectivity index (χ1v) is 14.6. The van der Waals surface area contributed by atoms with Gasteiger partial charge in [0.25, 0.3) is 11.8 Å². The fraction of sp³-hybridized carbons (Fsp3) is 0.500. The topological polar surface area (TPSA) is 97.3 Å². The zero-order chi connectivity index (χ0) is 27.0. The number of nitrogens with one attached hydrogen (secondary N) is 2. The van der Waals surface area contributed by atoms with Crippen LogP contribution in [0.15, 0.2) is 42.2 Å². The maximum atomic E-state index is 15.4. The molecular formula is C28H36FN3O4S. The molecule has 37 heavy (non-hydrogen) atoms. The van der Waals surface area contributed by atoms with Gasteiger partial charge in [0.15, 0.2) is 0 Å². The van der Waals surface area contributed by atoms with Gasteiger partial charge in [-0.15, -0.1) is 0 Å². The van der Waals surface area contributed by atoms with Crippen molar-refractivity contribution in [1.29, 1.82) is 0 Å². The van der Waals surface area contributed by atoms with Gasteiger partial charge in [-0.05, 0) is 75.3 Å². The molecule has 0 radical (unpaired) electrons. The average molecular weight is 530 g/mol. The van der Waals surface area contributed by atoms with Crippen LogP contribution in [0.1, 0.15) is 89.0 Å². The van der Waals surface area contributed by atoms with E-state index in [1.54, 1.807) is 19.1 Å². The van der Waals surface area contributed by atoms with Gasteiger partial charge in [-0.3, -0.25) is 9.59 Å². The minimum Gasteiger partial charge on any atom is -0.351 e. The number of hydrogen-bond donors (Lipinski definition) is 2. The Morgan fingerprint density at radius 2 is 1.97 bits per heavy atom. The minimum absolute atomic E-state index is 0.124. The summed E-state index contributed by atoms with van der Waals surface area (Å²) in [6.45, 7) is 7.86. The van der Waals surface area contributed by atoms with Crippen LogP contribution in [0, 0.1) is 5.82 Å². The molecule has 2 heterocycles. The van der Waals surface area contributed by atoms with Crippen LogP contribution in [0.3, 0.4) is 0 Å². The highest BCUT2D eigenvalue weighted by atomic mass is 32.2. The zero-order valence-corrected chi connectivity index (χ0v) is 22.8. The number of sulfonamides is 1. The van der Waals surface area contributed by atoms with Crippen LogP contribution in [-0.2, 0) is 31.6 Å². The molecule has 2 aliphatic rings. The summed E-state index contributed by atoms with van der Waals surface area (Å²) in [6, 6.07) is 7.05. The number of carbonyl (C=O) groups is 2. The second kappa shape index (κ2) is 10.4.